The molecule has 1 rings (SSSR count). The maximum Gasteiger partial charge on any atom is 4.00 e. The van der Waals surface area contributed by atoms with E-state index in [0.717, 1.165) is 0 Å². The standard InChI is InChI=1S/C10H15.C6H10.3C2H6N.Ti/c1-7-6-10(4,5)9(3)8(7)2;1-4-6(3)5-2;3*1-3-2;/h1-5H3;4-5H,1H2,2-3H3;3*1-2H3;/q-1;;3*-1;+4. The van der Waals surface area contributed by atoms with Crippen LogP contribution in [0.1, 0.15) is 48.5 Å². The van der Waals surface area contributed by atoms with E-state index in [1.165, 1.54) is 22.3 Å². The summed E-state index contributed by atoms with van der Waals surface area (Å²) in [6.45, 7) is 18.5. The van der Waals surface area contributed by atoms with E-state index < -0.39 is 0 Å². The minimum Gasteiger partial charge on any atom is -0.668 e. The summed E-state index contributed by atoms with van der Waals surface area (Å²) in [4.78, 5) is 0. The van der Waals surface area contributed by atoms with Gasteiger partial charge >= 0.3 is 21.7 Å². The smallest absolute Gasteiger partial charge is 0.668 e. The van der Waals surface area contributed by atoms with Crippen molar-refractivity contribution in [1.82, 2.24) is 0 Å². The molecule has 1 aliphatic rings. The van der Waals surface area contributed by atoms with Gasteiger partial charge < -0.3 is 16.0 Å². The van der Waals surface area contributed by atoms with Crippen molar-refractivity contribution in [1.29, 1.82) is 0 Å². The van der Waals surface area contributed by atoms with E-state index in [4.69, 9.17) is 0 Å². The van der Waals surface area contributed by atoms with Crippen LogP contribution >= 0.6 is 0 Å². The van der Waals surface area contributed by atoms with Crippen LogP contribution < -0.4 is 0 Å². The Kier molecular flexibility index (Phi) is 34.4. The molecule has 0 unspecified atom stereocenters. The third-order valence-electron chi connectivity index (χ3n) is 3.34. The van der Waals surface area contributed by atoms with Gasteiger partial charge in [0.05, 0.1) is 0 Å². The summed E-state index contributed by atoms with van der Waals surface area (Å²) in [5, 5.41) is 10.5. The van der Waals surface area contributed by atoms with Gasteiger partial charge in [0, 0.05) is 0 Å². The molecule has 0 atom stereocenters. The molecule has 0 spiro atoms. The molecule has 0 radical (unpaired) electrons. The van der Waals surface area contributed by atoms with Crippen molar-refractivity contribution >= 4 is 0 Å². The molecule has 4 heteroatoms. The Morgan fingerprint density at radius 2 is 1.23 bits per heavy atom. The molecule has 3 nitrogen and oxygen atoms in total. The van der Waals surface area contributed by atoms with Crippen LogP contribution in [0.25, 0.3) is 16.0 Å². The molecule has 0 heterocycles. The first kappa shape index (κ1) is 36.5. The second kappa shape index (κ2) is 24.6. The summed E-state index contributed by atoms with van der Waals surface area (Å²) in [6.07, 6.45) is 7.29. The molecule has 0 aromatic carbocycles. The first-order chi connectivity index (χ1) is 11.5. The van der Waals surface area contributed by atoms with Crippen LogP contribution in [0.2, 0.25) is 0 Å². The molecule has 0 bridgehead atoms. The van der Waals surface area contributed by atoms with Gasteiger partial charge in [-0.2, -0.15) is 53.4 Å². The molecule has 0 saturated carbocycles. The average Bonchev–Trinajstić information content (AvgIpc) is 2.71. The van der Waals surface area contributed by atoms with Gasteiger partial charge in [-0.05, 0) is 13.8 Å². The molecular weight excluding hydrogens is 354 g/mol. The van der Waals surface area contributed by atoms with Gasteiger partial charge in [-0.3, -0.25) is 6.08 Å². The monoisotopic (exact) mass is 397 g/mol. The zero-order valence-corrected chi connectivity index (χ0v) is 21.3. The van der Waals surface area contributed by atoms with E-state index in [9.17, 15) is 0 Å². The predicted octanol–water partition coefficient (Wildman–Crippen LogP) is 7.11. The number of hydrogen-bond donors (Lipinski definition) is 0. The average molecular weight is 397 g/mol. The Morgan fingerprint density at radius 1 is 0.923 bits per heavy atom. The molecule has 0 aliphatic heterocycles. The van der Waals surface area contributed by atoms with Crippen LogP contribution in [0.15, 0.2) is 41.0 Å². The fourth-order valence-corrected chi connectivity index (χ4v) is 1.52. The van der Waals surface area contributed by atoms with Crippen molar-refractivity contribution in [2.45, 2.75) is 48.5 Å². The molecular formula is C22H43N3Ti. The van der Waals surface area contributed by atoms with Crippen molar-refractivity contribution in [2.24, 2.45) is 5.41 Å². The topological polar surface area (TPSA) is 42.3 Å². The molecule has 0 aromatic rings. The van der Waals surface area contributed by atoms with E-state index in [0.29, 0.717) is 0 Å². The Labute approximate surface area is 180 Å². The molecule has 0 fully saturated rings. The number of hydrogen-bond acceptors (Lipinski definition) is 0. The van der Waals surface area contributed by atoms with Crippen molar-refractivity contribution < 1.29 is 21.7 Å². The van der Waals surface area contributed by atoms with Gasteiger partial charge in [-0.25, -0.2) is 5.57 Å². The zero-order valence-electron chi connectivity index (χ0n) is 19.7. The number of rotatable bonds is 1. The van der Waals surface area contributed by atoms with Gasteiger partial charge in [0.25, 0.3) is 0 Å². The SMILES string of the molecule is C=CC(C)=CC.CC1=[C-]C(C)(C)C(C)=C1C.C[N-]C.C[N-]C.C[N-]C.[Ti+4]. The molecule has 0 N–H and O–H groups in total. The number of nitrogens with zero attached hydrogens (tertiary/aromatic N) is 3. The van der Waals surface area contributed by atoms with Gasteiger partial charge in [0.2, 0.25) is 0 Å². The van der Waals surface area contributed by atoms with Crippen LogP contribution in [0.3, 0.4) is 0 Å². The fraction of sp³-hybridized carbons (Fsp3) is 0.636. The van der Waals surface area contributed by atoms with Crippen LogP contribution in [0.4, 0.5) is 0 Å². The molecule has 1 aliphatic carbocycles. The summed E-state index contributed by atoms with van der Waals surface area (Å²) in [7, 11) is 10.5. The summed E-state index contributed by atoms with van der Waals surface area (Å²) < 4.78 is 0. The third-order valence-corrected chi connectivity index (χ3v) is 3.34. The summed E-state index contributed by atoms with van der Waals surface area (Å²) >= 11 is 0. The van der Waals surface area contributed by atoms with Crippen molar-refractivity contribution in [3.05, 3.63) is 63.0 Å². The minimum absolute atomic E-state index is 0. The van der Waals surface area contributed by atoms with Crippen molar-refractivity contribution in [3.63, 3.8) is 0 Å². The van der Waals surface area contributed by atoms with Crippen LogP contribution in [-0.2, 0) is 21.7 Å². The second-order valence-electron chi connectivity index (χ2n) is 6.20. The largest absolute Gasteiger partial charge is 4.00 e. The molecule has 0 amide bonds. The van der Waals surface area contributed by atoms with Crippen LogP contribution in [0, 0.1) is 11.5 Å². The van der Waals surface area contributed by atoms with Gasteiger partial charge in [0.15, 0.2) is 0 Å². The number of allylic oxidation sites excluding steroid dienone is 7. The molecule has 0 saturated heterocycles. The summed E-state index contributed by atoms with van der Waals surface area (Å²) in [6, 6.07) is 0. The Bertz CT molecular complexity index is 401. The Balaban J connectivity index is -0.0000000795. The fourth-order valence-electron chi connectivity index (χ4n) is 1.52. The van der Waals surface area contributed by atoms with E-state index in [1.807, 2.05) is 26.0 Å². The Morgan fingerprint density at radius 3 is 1.27 bits per heavy atom. The van der Waals surface area contributed by atoms with E-state index in [1.54, 1.807) is 42.3 Å². The van der Waals surface area contributed by atoms with E-state index in [-0.39, 0.29) is 27.1 Å². The van der Waals surface area contributed by atoms with Crippen molar-refractivity contribution in [2.75, 3.05) is 42.3 Å². The van der Waals surface area contributed by atoms with Gasteiger partial charge in [-0.15, -0.1) is 6.92 Å². The van der Waals surface area contributed by atoms with E-state index >= 15 is 0 Å². The second-order valence-corrected chi connectivity index (χ2v) is 6.20. The van der Waals surface area contributed by atoms with Gasteiger partial charge in [0.1, 0.15) is 0 Å². The molecule has 150 valence electrons. The predicted molar refractivity (Wildman–Crippen MR) is 120 cm³/mol. The summed E-state index contributed by atoms with van der Waals surface area (Å²) in [5.74, 6) is 0. The van der Waals surface area contributed by atoms with E-state index in [2.05, 4.69) is 63.2 Å². The zero-order chi connectivity index (χ0) is 21.1. The van der Waals surface area contributed by atoms with Gasteiger partial charge in [-0.1, -0.05) is 57.4 Å². The quantitative estimate of drug-likeness (QED) is 0.257. The summed E-state index contributed by atoms with van der Waals surface area (Å²) in [5.41, 5.74) is 5.63. The molecule has 26 heavy (non-hydrogen) atoms. The first-order valence-corrected chi connectivity index (χ1v) is 8.50. The third kappa shape index (κ3) is 23.6. The first-order valence-electron chi connectivity index (χ1n) is 8.50. The maximum absolute atomic E-state index is 3.56. The van der Waals surface area contributed by atoms with Crippen LogP contribution in [0.5, 0.6) is 0 Å². The maximum atomic E-state index is 3.56. The normalized spacial score (nSPS) is 13.7. The van der Waals surface area contributed by atoms with Crippen molar-refractivity contribution in [3.8, 4) is 0 Å². The Hall–Kier alpha value is -0.446. The minimum atomic E-state index is 0. The molecule has 0 aromatic heterocycles. The van der Waals surface area contributed by atoms with Crippen LogP contribution in [-0.4, -0.2) is 42.3 Å².